The Morgan fingerprint density at radius 3 is 2.78 bits per heavy atom. The number of aromatic nitrogens is 1. The third kappa shape index (κ3) is 5.26. The number of nitrogens with one attached hydrogen (secondary N) is 2. The van der Waals surface area contributed by atoms with Crippen LogP contribution in [0.5, 0.6) is 5.75 Å². The number of benzene rings is 1. The Kier molecular flexibility index (Phi) is 6.76. The monoisotopic (exact) mass is 387 g/mol. The molecule has 2 aromatic rings. The molecule has 0 amide bonds. The Labute approximate surface area is 165 Å². The van der Waals surface area contributed by atoms with Crippen molar-refractivity contribution in [3.05, 3.63) is 53.2 Å². The summed E-state index contributed by atoms with van der Waals surface area (Å²) < 4.78 is 5.40. The maximum absolute atomic E-state index is 6.03. The molecule has 2 N–H and O–H groups in total. The molecule has 0 bridgehead atoms. The maximum atomic E-state index is 6.03. The van der Waals surface area contributed by atoms with E-state index in [4.69, 9.17) is 16.3 Å². The number of hydrogen-bond acceptors (Lipinski definition) is 4. The van der Waals surface area contributed by atoms with Crippen LogP contribution in [0, 0.1) is 0 Å². The zero-order chi connectivity index (χ0) is 19.1. The van der Waals surface area contributed by atoms with Gasteiger partial charge in [-0.15, -0.1) is 0 Å². The van der Waals surface area contributed by atoms with Crippen LogP contribution in [0.15, 0.2) is 47.6 Å². The van der Waals surface area contributed by atoms with Crippen molar-refractivity contribution in [1.82, 2.24) is 15.6 Å². The molecule has 1 aliphatic heterocycles. The van der Waals surface area contributed by atoms with Crippen molar-refractivity contribution >= 4 is 23.4 Å². The molecule has 0 atom stereocenters. The third-order valence-corrected chi connectivity index (χ3v) is 4.96. The topological polar surface area (TPSA) is 61.8 Å². The lowest BCUT2D eigenvalue weighted by atomic mass is 10.1. The second-order valence-corrected chi connectivity index (χ2v) is 6.91. The molecule has 27 heavy (non-hydrogen) atoms. The fourth-order valence-corrected chi connectivity index (χ4v) is 3.39. The van der Waals surface area contributed by atoms with E-state index in [2.05, 4.69) is 31.6 Å². The zero-order valence-corrected chi connectivity index (χ0v) is 16.5. The number of nitrogens with zero attached hydrogens (tertiary/aromatic N) is 3. The van der Waals surface area contributed by atoms with Gasteiger partial charge in [0.05, 0.1) is 7.11 Å². The summed E-state index contributed by atoms with van der Waals surface area (Å²) in [4.78, 5) is 11.1. The number of guanidine groups is 1. The minimum atomic E-state index is 0.392. The number of methoxy groups -OCH3 is 1. The van der Waals surface area contributed by atoms with Gasteiger partial charge in [0, 0.05) is 49.5 Å². The predicted molar refractivity (Wildman–Crippen MR) is 111 cm³/mol. The molecule has 0 aliphatic carbocycles. The average Bonchev–Trinajstić information content (AvgIpc) is 2.72. The van der Waals surface area contributed by atoms with Gasteiger partial charge in [-0.2, -0.15) is 0 Å². The van der Waals surface area contributed by atoms with Gasteiger partial charge >= 0.3 is 0 Å². The highest BCUT2D eigenvalue weighted by Crippen LogP contribution is 2.23. The van der Waals surface area contributed by atoms with E-state index in [1.54, 1.807) is 14.2 Å². The molecule has 6 nitrogen and oxygen atoms in total. The molecule has 0 radical (unpaired) electrons. The second kappa shape index (κ2) is 9.46. The fraction of sp³-hybridized carbons (Fsp3) is 0.400. The zero-order valence-electron chi connectivity index (χ0n) is 15.8. The summed E-state index contributed by atoms with van der Waals surface area (Å²) in [6.07, 6.45) is 3.93. The van der Waals surface area contributed by atoms with E-state index < -0.39 is 0 Å². The largest absolute Gasteiger partial charge is 0.496 e. The summed E-state index contributed by atoms with van der Waals surface area (Å²) >= 11 is 6.03. The molecular weight excluding hydrogens is 362 g/mol. The van der Waals surface area contributed by atoms with Gasteiger partial charge in [-0.25, -0.2) is 4.98 Å². The van der Waals surface area contributed by atoms with Crippen molar-refractivity contribution < 1.29 is 4.74 Å². The second-order valence-electron chi connectivity index (χ2n) is 6.48. The number of rotatable bonds is 5. The lowest BCUT2D eigenvalue weighted by Gasteiger charge is -2.33. The summed E-state index contributed by atoms with van der Waals surface area (Å²) in [7, 11) is 3.44. The molecule has 1 aromatic carbocycles. The molecule has 0 spiro atoms. The van der Waals surface area contributed by atoms with Gasteiger partial charge in [-0.3, -0.25) is 4.99 Å². The van der Waals surface area contributed by atoms with Crippen molar-refractivity contribution in [2.75, 3.05) is 32.1 Å². The molecule has 1 saturated heterocycles. The van der Waals surface area contributed by atoms with E-state index in [1.807, 2.05) is 36.5 Å². The Morgan fingerprint density at radius 1 is 1.30 bits per heavy atom. The maximum Gasteiger partial charge on any atom is 0.191 e. The van der Waals surface area contributed by atoms with Crippen molar-refractivity contribution in [2.45, 2.75) is 25.4 Å². The van der Waals surface area contributed by atoms with E-state index in [0.29, 0.717) is 17.6 Å². The molecule has 2 heterocycles. The smallest absolute Gasteiger partial charge is 0.191 e. The first kappa shape index (κ1) is 19.3. The quantitative estimate of drug-likeness (QED) is 0.609. The molecule has 1 aromatic heterocycles. The molecule has 144 valence electrons. The Balaban J connectivity index is 1.50. The highest BCUT2D eigenvalue weighted by atomic mass is 35.5. The van der Waals surface area contributed by atoms with Crippen LogP contribution in [0.3, 0.4) is 0 Å². The highest BCUT2D eigenvalue weighted by molar-refractivity contribution is 6.30. The Hall–Kier alpha value is -2.47. The first-order chi connectivity index (χ1) is 13.2. The molecule has 1 fully saturated rings. The van der Waals surface area contributed by atoms with Gasteiger partial charge < -0.3 is 20.3 Å². The van der Waals surface area contributed by atoms with Gasteiger partial charge in [0.25, 0.3) is 0 Å². The van der Waals surface area contributed by atoms with Crippen LogP contribution in [0.2, 0.25) is 5.02 Å². The minimum Gasteiger partial charge on any atom is -0.496 e. The summed E-state index contributed by atoms with van der Waals surface area (Å²) in [6.45, 7) is 2.58. The number of halogens is 1. The number of aliphatic imine (C=N–C) groups is 1. The summed E-state index contributed by atoms with van der Waals surface area (Å²) in [5.41, 5.74) is 1.04. The molecule has 1 aliphatic rings. The SMILES string of the molecule is CN=C(NCc1ccc(Cl)cc1OC)NC1CCN(c2ccccn2)CC1. The summed E-state index contributed by atoms with van der Waals surface area (Å²) in [5, 5.41) is 7.55. The van der Waals surface area contributed by atoms with Crippen LogP contribution in [0.25, 0.3) is 0 Å². The van der Waals surface area contributed by atoms with Crippen LogP contribution in [-0.4, -0.2) is 44.2 Å². The molecule has 0 saturated carbocycles. The minimum absolute atomic E-state index is 0.392. The van der Waals surface area contributed by atoms with Gasteiger partial charge in [0.15, 0.2) is 5.96 Å². The van der Waals surface area contributed by atoms with E-state index in [-0.39, 0.29) is 0 Å². The first-order valence-corrected chi connectivity index (χ1v) is 9.53. The average molecular weight is 388 g/mol. The molecular formula is C20H26ClN5O. The van der Waals surface area contributed by atoms with Gasteiger partial charge in [0.1, 0.15) is 11.6 Å². The number of anilines is 1. The third-order valence-electron chi connectivity index (χ3n) is 4.73. The van der Waals surface area contributed by atoms with E-state index in [1.165, 1.54) is 0 Å². The normalized spacial score (nSPS) is 15.5. The van der Waals surface area contributed by atoms with Crippen molar-refractivity contribution in [2.24, 2.45) is 4.99 Å². The van der Waals surface area contributed by atoms with Crippen molar-refractivity contribution in [3.63, 3.8) is 0 Å². The number of ether oxygens (including phenoxy) is 1. The van der Waals surface area contributed by atoms with Crippen LogP contribution < -0.4 is 20.3 Å². The van der Waals surface area contributed by atoms with Crippen LogP contribution >= 0.6 is 11.6 Å². The van der Waals surface area contributed by atoms with E-state index in [9.17, 15) is 0 Å². The molecule has 0 unspecified atom stereocenters. The predicted octanol–water partition coefficient (Wildman–Crippen LogP) is 3.08. The standard InChI is InChI=1S/C20H26ClN5O/c1-22-20(24-14-15-6-7-16(21)13-18(15)27-2)25-17-8-11-26(12-9-17)19-5-3-4-10-23-19/h3-7,10,13,17H,8-9,11-12,14H2,1-2H3,(H2,22,24,25). The number of hydrogen-bond donors (Lipinski definition) is 2. The Bertz CT molecular complexity index is 760. The van der Waals surface area contributed by atoms with E-state index >= 15 is 0 Å². The van der Waals surface area contributed by atoms with E-state index in [0.717, 1.165) is 49.0 Å². The molecule has 7 heteroatoms. The van der Waals surface area contributed by atoms with Crippen LogP contribution in [0.1, 0.15) is 18.4 Å². The summed E-state index contributed by atoms with van der Waals surface area (Å²) in [6, 6.07) is 12.1. The van der Waals surface area contributed by atoms with Gasteiger partial charge in [0.2, 0.25) is 0 Å². The number of pyridine rings is 1. The van der Waals surface area contributed by atoms with Crippen LogP contribution in [0.4, 0.5) is 5.82 Å². The first-order valence-electron chi connectivity index (χ1n) is 9.15. The lowest BCUT2D eigenvalue weighted by Crippen LogP contribution is -2.48. The highest BCUT2D eigenvalue weighted by Gasteiger charge is 2.20. The van der Waals surface area contributed by atoms with Crippen LogP contribution in [-0.2, 0) is 6.54 Å². The number of piperidine rings is 1. The molecule has 3 rings (SSSR count). The fourth-order valence-electron chi connectivity index (χ4n) is 3.23. The van der Waals surface area contributed by atoms with Crippen molar-refractivity contribution in [1.29, 1.82) is 0 Å². The Morgan fingerprint density at radius 2 is 2.11 bits per heavy atom. The van der Waals surface area contributed by atoms with Gasteiger partial charge in [-0.1, -0.05) is 23.7 Å². The van der Waals surface area contributed by atoms with Crippen molar-refractivity contribution in [3.8, 4) is 5.75 Å². The summed E-state index contributed by atoms with van der Waals surface area (Å²) in [5.74, 6) is 2.62. The van der Waals surface area contributed by atoms with Gasteiger partial charge in [-0.05, 0) is 37.1 Å². The lowest BCUT2D eigenvalue weighted by molar-refractivity contribution is 0.409.